The van der Waals surface area contributed by atoms with Crippen LogP contribution in [-0.4, -0.2) is 47.8 Å². The first kappa shape index (κ1) is 20.5. The molecular formula is C22H28N2O3S. The van der Waals surface area contributed by atoms with E-state index < -0.39 is 0 Å². The van der Waals surface area contributed by atoms with Crippen LogP contribution in [0.4, 0.5) is 0 Å². The van der Waals surface area contributed by atoms with Crippen molar-refractivity contribution in [3.8, 4) is 0 Å². The quantitative estimate of drug-likeness (QED) is 0.679. The lowest BCUT2D eigenvalue weighted by molar-refractivity contribution is -0.137. The van der Waals surface area contributed by atoms with Gasteiger partial charge in [-0.25, -0.2) is 0 Å². The van der Waals surface area contributed by atoms with Crippen LogP contribution in [0.1, 0.15) is 42.8 Å². The van der Waals surface area contributed by atoms with Crippen molar-refractivity contribution in [1.29, 1.82) is 0 Å². The summed E-state index contributed by atoms with van der Waals surface area (Å²) < 4.78 is 5.53. The Kier molecular flexibility index (Phi) is 6.83. The van der Waals surface area contributed by atoms with Gasteiger partial charge in [0.05, 0.1) is 6.26 Å². The number of thioether (sulfide) groups is 1. The molecule has 0 N–H and O–H groups in total. The van der Waals surface area contributed by atoms with Gasteiger partial charge >= 0.3 is 0 Å². The zero-order valence-electron chi connectivity index (χ0n) is 16.8. The zero-order chi connectivity index (χ0) is 20.1. The third-order valence-corrected chi connectivity index (χ3v) is 6.39. The smallest absolute Gasteiger partial charge is 0.289 e. The van der Waals surface area contributed by atoms with Crippen molar-refractivity contribution in [2.24, 2.45) is 5.92 Å². The molecule has 2 aromatic rings. The molecule has 28 heavy (non-hydrogen) atoms. The average Bonchev–Trinajstić information content (AvgIpc) is 3.20. The molecule has 1 aliphatic rings. The van der Waals surface area contributed by atoms with Crippen molar-refractivity contribution in [3.63, 3.8) is 0 Å². The minimum absolute atomic E-state index is 0.00107. The highest BCUT2D eigenvalue weighted by atomic mass is 32.2. The molecule has 2 heterocycles. The number of rotatable bonds is 6. The number of carbonyl (C=O) groups excluding carboxylic acids is 2. The number of benzene rings is 1. The molecule has 1 aromatic heterocycles. The summed E-state index contributed by atoms with van der Waals surface area (Å²) in [5, 5.41) is 0. The van der Waals surface area contributed by atoms with E-state index in [1.165, 1.54) is 0 Å². The molecule has 1 aliphatic heterocycles. The summed E-state index contributed by atoms with van der Waals surface area (Å²) in [6.07, 6.45) is 2.99. The van der Waals surface area contributed by atoms with Gasteiger partial charge in [-0.15, -0.1) is 11.8 Å². The average molecular weight is 401 g/mol. The number of nitrogens with zero attached hydrogens (tertiary/aromatic N) is 2. The standard InChI is InChI=1S/C22H28N2O3S/c1-16(2)23(3)21(25)17-9-12-24(13-10-17)22(26)20-18(11-14-27-20)15-28-19-7-5-4-6-8-19/h4-8,11,14,16-17H,9-10,12-13,15H2,1-3H3. The van der Waals surface area contributed by atoms with E-state index in [1.54, 1.807) is 22.9 Å². The number of amides is 2. The van der Waals surface area contributed by atoms with E-state index in [1.807, 2.05) is 50.1 Å². The third-order valence-electron chi connectivity index (χ3n) is 5.33. The van der Waals surface area contributed by atoms with Gasteiger partial charge in [-0.1, -0.05) is 18.2 Å². The van der Waals surface area contributed by atoms with Gasteiger partial charge in [0, 0.05) is 48.3 Å². The number of likely N-dealkylation sites (tertiary alicyclic amines) is 1. The molecule has 0 radical (unpaired) electrons. The molecular weight excluding hydrogens is 372 g/mol. The molecule has 150 valence electrons. The van der Waals surface area contributed by atoms with Crippen LogP contribution in [0.15, 0.2) is 52.0 Å². The van der Waals surface area contributed by atoms with E-state index in [0.29, 0.717) is 37.4 Å². The molecule has 0 atom stereocenters. The Morgan fingerprint density at radius 3 is 2.50 bits per heavy atom. The third kappa shape index (κ3) is 4.79. The van der Waals surface area contributed by atoms with E-state index in [2.05, 4.69) is 12.1 Å². The fourth-order valence-electron chi connectivity index (χ4n) is 3.33. The SMILES string of the molecule is CC(C)N(C)C(=O)C1CCN(C(=O)c2occc2CSc2ccccc2)CC1. The van der Waals surface area contributed by atoms with E-state index in [9.17, 15) is 9.59 Å². The molecule has 1 fully saturated rings. The van der Waals surface area contributed by atoms with Crippen molar-refractivity contribution >= 4 is 23.6 Å². The second kappa shape index (κ2) is 9.32. The predicted octanol–water partition coefficient (Wildman–Crippen LogP) is 4.29. The summed E-state index contributed by atoms with van der Waals surface area (Å²) in [7, 11) is 1.85. The van der Waals surface area contributed by atoms with E-state index in [-0.39, 0.29) is 23.8 Å². The highest BCUT2D eigenvalue weighted by Gasteiger charge is 2.31. The van der Waals surface area contributed by atoms with Crippen LogP contribution in [0.2, 0.25) is 0 Å². The molecule has 0 unspecified atom stereocenters. The molecule has 3 rings (SSSR count). The fourth-order valence-corrected chi connectivity index (χ4v) is 4.23. The zero-order valence-corrected chi connectivity index (χ0v) is 17.6. The maximum absolute atomic E-state index is 12.9. The van der Waals surface area contributed by atoms with Gasteiger partial charge in [-0.2, -0.15) is 0 Å². The Hall–Kier alpha value is -2.21. The van der Waals surface area contributed by atoms with Gasteiger partial charge in [0.25, 0.3) is 5.91 Å². The summed E-state index contributed by atoms with van der Waals surface area (Å²) >= 11 is 1.69. The molecule has 2 amide bonds. The largest absolute Gasteiger partial charge is 0.459 e. The van der Waals surface area contributed by atoms with Gasteiger partial charge in [-0.05, 0) is 44.9 Å². The van der Waals surface area contributed by atoms with Crippen LogP contribution in [0, 0.1) is 5.92 Å². The number of piperidine rings is 1. The lowest BCUT2D eigenvalue weighted by Gasteiger charge is -2.34. The highest BCUT2D eigenvalue weighted by Crippen LogP contribution is 2.27. The summed E-state index contributed by atoms with van der Waals surface area (Å²) in [5.41, 5.74) is 0.914. The van der Waals surface area contributed by atoms with Crippen LogP contribution in [0.3, 0.4) is 0 Å². The second-order valence-corrected chi connectivity index (χ2v) is 8.53. The lowest BCUT2D eigenvalue weighted by atomic mass is 9.94. The van der Waals surface area contributed by atoms with Gasteiger partial charge in [0.1, 0.15) is 0 Å². The maximum Gasteiger partial charge on any atom is 0.289 e. The molecule has 0 bridgehead atoms. The van der Waals surface area contributed by atoms with Crippen LogP contribution < -0.4 is 0 Å². The van der Waals surface area contributed by atoms with Crippen molar-refractivity contribution in [1.82, 2.24) is 9.80 Å². The molecule has 0 aliphatic carbocycles. The number of hydrogen-bond donors (Lipinski definition) is 0. The van der Waals surface area contributed by atoms with Gasteiger partial charge in [0.15, 0.2) is 5.76 Å². The first-order valence-corrected chi connectivity index (χ1v) is 10.8. The second-order valence-electron chi connectivity index (χ2n) is 7.49. The normalized spacial score (nSPS) is 15.1. The molecule has 0 saturated carbocycles. The summed E-state index contributed by atoms with van der Waals surface area (Å²) in [5.74, 6) is 1.22. The molecule has 1 saturated heterocycles. The van der Waals surface area contributed by atoms with Crippen molar-refractivity contribution in [2.45, 2.75) is 43.4 Å². The maximum atomic E-state index is 12.9. The van der Waals surface area contributed by atoms with Crippen LogP contribution >= 0.6 is 11.8 Å². The van der Waals surface area contributed by atoms with Gasteiger partial charge in [-0.3, -0.25) is 9.59 Å². The minimum atomic E-state index is -0.0724. The number of carbonyl (C=O) groups is 2. The number of hydrogen-bond acceptors (Lipinski definition) is 4. The van der Waals surface area contributed by atoms with Crippen LogP contribution in [-0.2, 0) is 10.5 Å². The minimum Gasteiger partial charge on any atom is -0.459 e. The Balaban J connectivity index is 1.57. The Morgan fingerprint density at radius 2 is 1.86 bits per heavy atom. The van der Waals surface area contributed by atoms with Gasteiger partial charge in [0.2, 0.25) is 5.91 Å². The molecule has 6 heteroatoms. The molecule has 5 nitrogen and oxygen atoms in total. The summed E-state index contributed by atoms with van der Waals surface area (Å²) in [4.78, 5) is 30.2. The Morgan fingerprint density at radius 1 is 1.18 bits per heavy atom. The highest BCUT2D eigenvalue weighted by molar-refractivity contribution is 7.98. The monoisotopic (exact) mass is 400 g/mol. The van der Waals surface area contributed by atoms with E-state index >= 15 is 0 Å². The Bertz CT molecular complexity index is 795. The van der Waals surface area contributed by atoms with E-state index in [4.69, 9.17) is 4.42 Å². The van der Waals surface area contributed by atoms with Crippen molar-refractivity contribution in [2.75, 3.05) is 20.1 Å². The first-order chi connectivity index (χ1) is 13.5. The molecule has 1 aromatic carbocycles. The topological polar surface area (TPSA) is 53.8 Å². The van der Waals surface area contributed by atoms with Crippen LogP contribution in [0.25, 0.3) is 0 Å². The summed E-state index contributed by atoms with van der Waals surface area (Å²) in [6.45, 7) is 5.21. The Labute approximate surface area is 171 Å². The van der Waals surface area contributed by atoms with E-state index in [0.717, 1.165) is 10.5 Å². The summed E-state index contributed by atoms with van der Waals surface area (Å²) in [6, 6.07) is 12.2. The number of furan rings is 1. The van der Waals surface area contributed by atoms with Crippen molar-refractivity contribution < 1.29 is 14.0 Å². The first-order valence-electron chi connectivity index (χ1n) is 9.77. The fraction of sp³-hybridized carbons (Fsp3) is 0.455. The van der Waals surface area contributed by atoms with Crippen molar-refractivity contribution in [3.05, 3.63) is 54.0 Å². The van der Waals surface area contributed by atoms with Gasteiger partial charge < -0.3 is 14.2 Å². The predicted molar refractivity (Wildman–Crippen MR) is 111 cm³/mol. The lowest BCUT2D eigenvalue weighted by Crippen LogP contribution is -2.45. The molecule has 0 spiro atoms. The van der Waals surface area contributed by atoms with Crippen LogP contribution in [0.5, 0.6) is 0 Å².